The Hall–Kier alpha value is -1.56. The molecule has 140 valence electrons. The van der Waals surface area contributed by atoms with Crippen molar-refractivity contribution in [3.63, 3.8) is 0 Å². The van der Waals surface area contributed by atoms with Crippen LogP contribution in [0.3, 0.4) is 0 Å². The van der Waals surface area contributed by atoms with Crippen LogP contribution in [0.5, 0.6) is 0 Å². The highest BCUT2D eigenvalue weighted by atomic mass is 16.5. The van der Waals surface area contributed by atoms with Crippen molar-refractivity contribution in [3.8, 4) is 0 Å². The van der Waals surface area contributed by atoms with Gasteiger partial charge in [0.1, 0.15) is 0 Å². The van der Waals surface area contributed by atoms with Gasteiger partial charge in [-0.05, 0) is 46.5 Å². The number of hydrogen-bond acceptors (Lipinski definition) is 3. The third-order valence-electron chi connectivity index (χ3n) is 6.37. The van der Waals surface area contributed by atoms with Crippen molar-refractivity contribution in [1.82, 2.24) is 20.4 Å². The molecule has 2 saturated carbocycles. The highest BCUT2D eigenvalue weighted by Gasteiger charge is 2.59. The van der Waals surface area contributed by atoms with E-state index in [-0.39, 0.29) is 23.5 Å². The zero-order valence-corrected chi connectivity index (χ0v) is 16.2. The molecule has 0 aliphatic heterocycles. The molecule has 25 heavy (non-hydrogen) atoms. The molecule has 0 bridgehead atoms. The summed E-state index contributed by atoms with van der Waals surface area (Å²) < 4.78 is 7.75. The molecule has 2 aliphatic carbocycles. The fraction of sp³-hybridized carbons (Fsp3) is 0.789. The second-order valence-corrected chi connectivity index (χ2v) is 7.61. The molecular formula is C19H32N4O2. The molecule has 1 spiro atoms. The minimum Gasteiger partial charge on any atom is -0.378 e. The van der Waals surface area contributed by atoms with E-state index in [1.54, 1.807) is 0 Å². The summed E-state index contributed by atoms with van der Waals surface area (Å²) in [6.45, 7) is 8.96. The van der Waals surface area contributed by atoms with Crippen LogP contribution in [0.25, 0.3) is 0 Å². The van der Waals surface area contributed by atoms with E-state index >= 15 is 0 Å². The van der Waals surface area contributed by atoms with Crippen molar-refractivity contribution in [2.75, 3.05) is 6.61 Å². The molecule has 0 unspecified atom stereocenters. The van der Waals surface area contributed by atoms with Gasteiger partial charge in [0.15, 0.2) is 0 Å². The van der Waals surface area contributed by atoms with E-state index in [0.717, 1.165) is 36.4 Å². The van der Waals surface area contributed by atoms with Gasteiger partial charge in [0.2, 0.25) is 0 Å². The molecule has 1 aromatic rings. The van der Waals surface area contributed by atoms with Gasteiger partial charge in [-0.3, -0.25) is 4.68 Å². The predicted molar refractivity (Wildman–Crippen MR) is 97.5 cm³/mol. The van der Waals surface area contributed by atoms with Crippen LogP contribution in [0, 0.1) is 19.3 Å². The van der Waals surface area contributed by atoms with Crippen LogP contribution in [0.4, 0.5) is 4.79 Å². The highest BCUT2D eigenvalue weighted by Crippen LogP contribution is 2.57. The minimum atomic E-state index is -0.0688. The summed E-state index contributed by atoms with van der Waals surface area (Å²) in [4.78, 5) is 12.6. The Morgan fingerprint density at radius 2 is 2.12 bits per heavy atom. The number of nitrogens with zero attached hydrogens (tertiary/aromatic N) is 2. The SMILES string of the molecule is CCO[C@@H]1C[C@@H](NC(=O)N[C@@H](CC)c2c(C)nn(C)c2C)C12CCC2. The average molecular weight is 348 g/mol. The summed E-state index contributed by atoms with van der Waals surface area (Å²) in [6, 6.07) is 0.168. The molecular weight excluding hydrogens is 316 g/mol. The van der Waals surface area contributed by atoms with Crippen LogP contribution >= 0.6 is 0 Å². The first-order valence-electron chi connectivity index (χ1n) is 9.61. The summed E-state index contributed by atoms with van der Waals surface area (Å²) >= 11 is 0. The summed E-state index contributed by atoms with van der Waals surface area (Å²) in [5.41, 5.74) is 3.43. The second-order valence-electron chi connectivity index (χ2n) is 7.61. The zero-order chi connectivity index (χ0) is 18.2. The molecule has 6 nitrogen and oxygen atoms in total. The lowest BCUT2D eigenvalue weighted by Gasteiger charge is -2.60. The Bertz CT molecular complexity index is 636. The van der Waals surface area contributed by atoms with Gasteiger partial charge in [-0.2, -0.15) is 5.10 Å². The topological polar surface area (TPSA) is 68.2 Å². The number of amides is 2. The van der Waals surface area contributed by atoms with Crippen molar-refractivity contribution >= 4 is 6.03 Å². The average Bonchev–Trinajstić information content (AvgIpc) is 2.75. The smallest absolute Gasteiger partial charge is 0.315 e. The van der Waals surface area contributed by atoms with Crippen LogP contribution in [-0.4, -0.2) is 34.6 Å². The molecule has 0 saturated heterocycles. The monoisotopic (exact) mass is 348 g/mol. The Labute approximate surface area is 150 Å². The van der Waals surface area contributed by atoms with Gasteiger partial charge in [-0.25, -0.2) is 4.79 Å². The number of carbonyl (C=O) groups excluding carboxylic acids is 1. The van der Waals surface area contributed by atoms with Crippen LogP contribution in [0.1, 0.15) is 68.9 Å². The number of aromatic nitrogens is 2. The minimum absolute atomic E-state index is 0.00574. The lowest BCUT2D eigenvalue weighted by molar-refractivity contribution is -0.169. The summed E-state index contributed by atoms with van der Waals surface area (Å²) in [5, 5.41) is 10.9. The molecule has 1 heterocycles. The van der Waals surface area contributed by atoms with Crippen LogP contribution in [-0.2, 0) is 11.8 Å². The lowest BCUT2D eigenvalue weighted by atomic mass is 9.51. The number of carbonyl (C=O) groups is 1. The van der Waals surface area contributed by atoms with Crippen molar-refractivity contribution in [2.24, 2.45) is 12.5 Å². The molecule has 2 fully saturated rings. The van der Waals surface area contributed by atoms with E-state index in [1.807, 2.05) is 25.6 Å². The van der Waals surface area contributed by atoms with Crippen molar-refractivity contribution in [3.05, 3.63) is 17.0 Å². The fourth-order valence-electron chi connectivity index (χ4n) is 4.67. The van der Waals surface area contributed by atoms with Gasteiger partial charge in [-0.15, -0.1) is 0 Å². The number of urea groups is 1. The van der Waals surface area contributed by atoms with E-state index < -0.39 is 0 Å². The molecule has 6 heteroatoms. The second kappa shape index (κ2) is 6.98. The van der Waals surface area contributed by atoms with Gasteiger partial charge in [-0.1, -0.05) is 13.3 Å². The Morgan fingerprint density at radius 3 is 2.60 bits per heavy atom. The van der Waals surface area contributed by atoms with E-state index in [1.165, 1.54) is 19.3 Å². The molecule has 0 radical (unpaired) electrons. The summed E-state index contributed by atoms with van der Waals surface area (Å²) in [7, 11) is 1.95. The van der Waals surface area contributed by atoms with Gasteiger partial charge in [0, 0.05) is 36.4 Å². The van der Waals surface area contributed by atoms with E-state index in [9.17, 15) is 4.79 Å². The first-order chi connectivity index (χ1) is 11.9. The summed E-state index contributed by atoms with van der Waals surface area (Å²) in [5.74, 6) is 0. The van der Waals surface area contributed by atoms with Gasteiger partial charge < -0.3 is 15.4 Å². The largest absolute Gasteiger partial charge is 0.378 e. The van der Waals surface area contributed by atoms with Gasteiger partial charge in [0.05, 0.1) is 17.8 Å². The number of hydrogen-bond donors (Lipinski definition) is 2. The van der Waals surface area contributed by atoms with Gasteiger partial charge in [0.25, 0.3) is 0 Å². The van der Waals surface area contributed by atoms with Crippen LogP contribution in [0.15, 0.2) is 0 Å². The Kier molecular flexibility index (Phi) is 5.09. The molecule has 2 aliphatic rings. The Morgan fingerprint density at radius 1 is 1.40 bits per heavy atom. The quantitative estimate of drug-likeness (QED) is 0.830. The third kappa shape index (κ3) is 3.05. The normalized spacial score (nSPS) is 25.2. The fourth-order valence-corrected chi connectivity index (χ4v) is 4.67. The van der Waals surface area contributed by atoms with Crippen molar-refractivity contribution in [2.45, 2.75) is 78.0 Å². The van der Waals surface area contributed by atoms with E-state index in [4.69, 9.17) is 4.74 Å². The van der Waals surface area contributed by atoms with Crippen LogP contribution in [0.2, 0.25) is 0 Å². The third-order valence-corrected chi connectivity index (χ3v) is 6.37. The maximum Gasteiger partial charge on any atom is 0.315 e. The van der Waals surface area contributed by atoms with Gasteiger partial charge >= 0.3 is 6.03 Å². The van der Waals surface area contributed by atoms with E-state index in [0.29, 0.717) is 6.10 Å². The van der Waals surface area contributed by atoms with E-state index in [2.05, 4.69) is 29.6 Å². The predicted octanol–water partition coefficient (Wildman–Crippen LogP) is 3.13. The molecule has 3 rings (SSSR count). The van der Waals surface area contributed by atoms with Crippen LogP contribution < -0.4 is 10.6 Å². The molecule has 0 aromatic carbocycles. The first kappa shape index (κ1) is 18.2. The van der Waals surface area contributed by atoms with Crippen molar-refractivity contribution < 1.29 is 9.53 Å². The standard InChI is InChI=1S/C19H32N4O2/c1-6-14(17-12(3)22-23(5)13(17)4)20-18(24)21-15-11-16(25-7-2)19(15)9-8-10-19/h14-16H,6-11H2,1-5H3,(H2,20,21,24)/t14-,15+,16+/m0/s1. The highest BCUT2D eigenvalue weighted by molar-refractivity contribution is 5.75. The maximum absolute atomic E-state index is 12.6. The lowest BCUT2D eigenvalue weighted by Crippen LogP contribution is -2.68. The molecule has 3 atom stereocenters. The number of rotatable bonds is 6. The molecule has 2 N–H and O–H groups in total. The summed E-state index contributed by atoms with van der Waals surface area (Å²) in [6.07, 6.45) is 5.68. The molecule has 2 amide bonds. The van der Waals surface area contributed by atoms with Crippen molar-refractivity contribution in [1.29, 1.82) is 0 Å². The zero-order valence-electron chi connectivity index (χ0n) is 16.2. The Balaban J connectivity index is 1.62. The number of nitrogens with one attached hydrogen (secondary N) is 2. The number of aryl methyl sites for hydroxylation is 2. The first-order valence-corrected chi connectivity index (χ1v) is 9.61. The molecule has 1 aromatic heterocycles. The number of ether oxygens (including phenoxy) is 1. The maximum atomic E-state index is 12.6.